The van der Waals surface area contributed by atoms with Crippen molar-refractivity contribution in [3.63, 3.8) is 0 Å². The summed E-state index contributed by atoms with van der Waals surface area (Å²) in [6.45, 7) is 10.3. The summed E-state index contributed by atoms with van der Waals surface area (Å²) in [7, 11) is -2.49. The Balaban J connectivity index is 1.58. The molecule has 0 saturated carbocycles. The zero-order chi connectivity index (χ0) is 36.1. The summed E-state index contributed by atoms with van der Waals surface area (Å²) in [6, 6.07) is 32.9. The van der Waals surface area contributed by atoms with E-state index in [-0.39, 0.29) is 0 Å². The van der Waals surface area contributed by atoms with Crippen LogP contribution in [0.5, 0.6) is 0 Å². The van der Waals surface area contributed by atoms with Crippen molar-refractivity contribution in [1.82, 2.24) is 15.0 Å². The minimum atomic E-state index is -2.49. The van der Waals surface area contributed by atoms with E-state index >= 15 is 0 Å². The molecule has 0 spiro atoms. The molecule has 4 aromatic carbocycles. The van der Waals surface area contributed by atoms with Gasteiger partial charge < -0.3 is 0 Å². The van der Waals surface area contributed by atoms with Crippen LogP contribution in [0.4, 0.5) is 11.4 Å². The molecule has 2 aliphatic heterocycles. The summed E-state index contributed by atoms with van der Waals surface area (Å²) in [5.74, 6) is 0.392. The summed E-state index contributed by atoms with van der Waals surface area (Å²) < 4.78 is 19.5. The molecule has 52 heavy (non-hydrogen) atoms. The van der Waals surface area contributed by atoms with E-state index in [4.69, 9.17) is 23.7 Å². The van der Waals surface area contributed by atoms with Crippen LogP contribution < -0.4 is 15.9 Å². The first-order valence-corrected chi connectivity index (χ1v) is 21.2. The predicted molar refractivity (Wildman–Crippen MR) is 216 cm³/mol. The molecule has 0 atom stereocenters. The van der Waals surface area contributed by atoms with Gasteiger partial charge in [0, 0.05) is 0 Å². The Morgan fingerprint density at radius 1 is 0.808 bits per heavy atom. The van der Waals surface area contributed by atoms with Crippen LogP contribution >= 0.6 is 7.26 Å². The van der Waals surface area contributed by atoms with E-state index in [1.54, 1.807) is 17.9 Å². The van der Waals surface area contributed by atoms with Crippen LogP contribution in [-0.2, 0) is 40.6 Å². The number of aromatic nitrogens is 3. The third-order valence-corrected chi connectivity index (χ3v) is 15.1. The van der Waals surface area contributed by atoms with Gasteiger partial charge in [-0.1, -0.05) is 0 Å². The molecule has 7 rings (SSSR count). The fourth-order valence-corrected chi connectivity index (χ4v) is 13.3. The Labute approximate surface area is 320 Å². The number of fused-ring (bicyclic) bond motifs is 2. The summed E-state index contributed by atoms with van der Waals surface area (Å²) in [5, 5.41) is 15.0. The predicted octanol–water partition coefficient (Wildman–Crippen LogP) is 9.52. The normalized spacial score (nSPS) is 16.4. The molecule has 1 aromatic heterocycles. The second-order valence-corrected chi connectivity index (χ2v) is 17.5. The third-order valence-electron chi connectivity index (χ3n) is 9.18. The Morgan fingerprint density at radius 3 is 1.81 bits per heavy atom. The van der Waals surface area contributed by atoms with Gasteiger partial charge in [-0.2, -0.15) is 0 Å². The maximum absolute atomic E-state index is 6.02. The molecule has 0 bridgehead atoms. The van der Waals surface area contributed by atoms with E-state index in [1.807, 2.05) is 17.8 Å². The van der Waals surface area contributed by atoms with Gasteiger partial charge in [0.2, 0.25) is 0 Å². The molecule has 0 unspecified atom stereocenters. The standard InChI is InChI=1S/C43H40N5OPS.Os/c1-6-17-38-40-41(45-48(44-40)27-30(3)4)39(43-42(38)46-51-47-43)25-24-33(26-34-29-49-28-32(34)7-2)31(5)50(35-18-11-8-12-19-35,36-20-13-9-14-21-36)37-22-15-10-16-23-37;/h6-26,30H,27-29H2,1-4H3;/q+1;/b17-6+,25-24+,32-7?,33-31?,34-26?;. The van der Waals surface area contributed by atoms with Crippen LogP contribution in [0.2, 0.25) is 0 Å². The van der Waals surface area contributed by atoms with Crippen LogP contribution in [0.1, 0.15) is 38.8 Å². The Bertz CT molecular complexity index is 2300. The molecule has 9 heteroatoms. The van der Waals surface area contributed by atoms with Gasteiger partial charge in [-0.25, -0.2) is 0 Å². The van der Waals surface area contributed by atoms with Crippen molar-refractivity contribution in [1.29, 1.82) is 0 Å². The second-order valence-electron chi connectivity index (χ2n) is 13.0. The van der Waals surface area contributed by atoms with Gasteiger partial charge in [-0.3, -0.25) is 0 Å². The topological polar surface area (TPSA) is 64.7 Å². The van der Waals surface area contributed by atoms with Crippen LogP contribution in [0.15, 0.2) is 146 Å². The molecular formula is C43H40N5OOsPS+. The van der Waals surface area contributed by atoms with Crippen LogP contribution in [-0.4, -0.2) is 28.2 Å². The number of benzene rings is 4. The van der Waals surface area contributed by atoms with E-state index in [0.29, 0.717) is 25.7 Å². The summed E-state index contributed by atoms with van der Waals surface area (Å²) >= 11 is 3.01. The molecule has 5 aromatic rings. The van der Waals surface area contributed by atoms with E-state index in [1.165, 1.54) is 38.4 Å². The van der Waals surface area contributed by atoms with Crippen molar-refractivity contribution in [3.05, 3.63) is 148 Å². The van der Waals surface area contributed by atoms with Gasteiger partial charge >= 0.3 is 322 Å². The average Bonchev–Trinajstić information content (AvgIpc) is 3.94. The van der Waals surface area contributed by atoms with E-state index < -0.39 is 7.26 Å². The van der Waals surface area contributed by atoms with E-state index in [9.17, 15) is 0 Å². The molecule has 1 fully saturated rings. The van der Waals surface area contributed by atoms with Crippen LogP contribution in [0.3, 0.4) is 0 Å². The first-order chi connectivity index (χ1) is 25.5. The van der Waals surface area contributed by atoms with Crippen molar-refractivity contribution in [3.8, 4) is 4.37 Å². The molecule has 0 aliphatic carbocycles. The third kappa shape index (κ3) is 6.79. The SMILES string of the molecule is CC=C1COCC1=CC(/C=C/c1c2c(c(/C=C/C)c3nn(CC(C)C)nc13)N=S=N2)=C([C]#[Os])[P+](c1ccccc1)(c1ccccc1)c1ccccc1. The molecule has 6 nitrogen and oxygen atoms in total. The molecule has 261 valence electrons. The summed E-state index contributed by atoms with van der Waals surface area (Å²) in [4.78, 5) is 1.83. The Kier molecular flexibility index (Phi) is 11.1. The first kappa shape index (κ1) is 36.0. The van der Waals surface area contributed by atoms with Crippen molar-refractivity contribution in [2.75, 3.05) is 13.2 Å². The molecule has 0 radical (unpaired) electrons. The summed E-state index contributed by atoms with van der Waals surface area (Å²) in [6.07, 6.45) is 13.0. The number of allylic oxidation sites excluding steroid dienone is 6. The minimum absolute atomic E-state index is 0.392. The fraction of sp³-hybridized carbons (Fsp3) is 0.186. The van der Waals surface area contributed by atoms with Gasteiger partial charge in [0.05, 0.1) is 0 Å². The second kappa shape index (κ2) is 16.1. The first-order valence-electron chi connectivity index (χ1n) is 17.4. The average molecular weight is 896 g/mol. The zero-order valence-corrected chi connectivity index (χ0v) is 33.9. The van der Waals surface area contributed by atoms with E-state index in [0.717, 1.165) is 44.4 Å². The van der Waals surface area contributed by atoms with Crippen LogP contribution in [0, 0.1) is 10.3 Å². The number of ether oxygens (including phenoxy) is 1. The van der Waals surface area contributed by atoms with Gasteiger partial charge in [-0.05, 0) is 0 Å². The monoisotopic (exact) mass is 897 g/mol. The summed E-state index contributed by atoms with van der Waals surface area (Å²) in [5.41, 5.74) is 8.61. The number of hydrogen-bond acceptors (Lipinski definition) is 5. The molecule has 0 amide bonds. The Hall–Kier alpha value is -4.39. The van der Waals surface area contributed by atoms with Gasteiger partial charge in [0.15, 0.2) is 0 Å². The maximum atomic E-state index is 6.02. The molecule has 3 heterocycles. The molecule has 1 saturated heterocycles. The van der Waals surface area contributed by atoms with Crippen molar-refractivity contribution in [2.24, 2.45) is 14.6 Å². The van der Waals surface area contributed by atoms with Crippen molar-refractivity contribution >= 4 is 69.1 Å². The quantitative estimate of drug-likeness (QED) is 0.102. The van der Waals surface area contributed by atoms with Crippen molar-refractivity contribution < 1.29 is 22.7 Å². The number of rotatable bonds is 10. The number of hydrogen-bond donors (Lipinski definition) is 0. The van der Waals surface area contributed by atoms with Gasteiger partial charge in [0.25, 0.3) is 0 Å². The van der Waals surface area contributed by atoms with Gasteiger partial charge in [0.1, 0.15) is 0 Å². The van der Waals surface area contributed by atoms with Crippen LogP contribution in [0.25, 0.3) is 23.2 Å². The Morgan fingerprint density at radius 2 is 1.33 bits per heavy atom. The molecule has 2 aliphatic rings. The van der Waals surface area contributed by atoms with E-state index in [2.05, 4.69) is 147 Å². The van der Waals surface area contributed by atoms with Gasteiger partial charge in [-0.15, -0.1) is 0 Å². The number of nitrogens with zero attached hydrogens (tertiary/aromatic N) is 5. The molecular weight excluding hydrogens is 856 g/mol. The molecule has 0 N–H and O–H groups in total. The fourth-order valence-electron chi connectivity index (χ4n) is 6.88. The van der Waals surface area contributed by atoms with Crippen molar-refractivity contribution in [2.45, 2.75) is 34.2 Å². The zero-order valence-electron chi connectivity index (χ0n) is 29.7.